The molecule has 0 radical (unpaired) electrons. The van der Waals surface area contributed by atoms with Gasteiger partial charge in [0.25, 0.3) is 0 Å². The fourth-order valence-electron chi connectivity index (χ4n) is 1.70. The summed E-state index contributed by atoms with van der Waals surface area (Å²) in [5, 5.41) is 10.3. The number of aryl methyl sites for hydroxylation is 1. The molecule has 0 aliphatic heterocycles. The van der Waals surface area contributed by atoms with Crippen LogP contribution in [0.2, 0.25) is 0 Å². The van der Waals surface area contributed by atoms with Gasteiger partial charge < -0.3 is 14.3 Å². The second-order valence-electron chi connectivity index (χ2n) is 3.72. The Morgan fingerprint density at radius 2 is 2.06 bits per heavy atom. The molecule has 0 saturated heterocycles. The lowest BCUT2D eigenvalue weighted by atomic mass is 10.0. The molecular weight excluding hydrogens is 284 g/mol. The SMILES string of the molecule is COc1ccc(C(O)c2ccoc2C)c(Br)c1. The zero-order chi connectivity index (χ0) is 12.4. The molecule has 0 spiro atoms. The van der Waals surface area contributed by atoms with Crippen LogP contribution < -0.4 is 4.74 Å². The quantitative estimate of drug-likeness (QED) is 0.943. The van der Waals surface area contributed by atoms with E-state index in [1.807, 2.05) is 25.1 Å². The van der Waals surface area contributed by atoms with Crippen LogP contribution in [0.1, 0.15) is 23.0 Å². The summed E-state index contributed by atoms with van der Waals surface area (Å²) in [5.74, 6) is 1.47. The van der Waals surface area contributed by atoms with Gasteiger partial charge in [-0.05, 0) is 30.7 Å². The van der Waals surface area contributed by atoms with Gasteiger partial charge in [0.05, 0.1) is 13.4 Å². The summed E-state index contributed by atoms with van der Waals surface area (Å²) >= 11 is 3.43. The maximum Gasteiger partial charge on any atom is 0.120 e. The molecule has 0 aliphatic carbocycles. The second kappa shape index (κ2) is 4.94. The smallest absolute Gasteiger partial charge is 0.120 e. The summed E-state index contributed by atoms with van der Waals surface area (Å²) in [6.07, 6.45) is 0.875. The average molecular weight is 297 g/mol. The zero-order valence-corrected chi connectivity index (χ0v) is 11.2. The van der Waals surface area contributed by atoms with E-state index in [9.17, 15) is 5.11 Å². The molecule has 0 aliphatic rings. The highest BCUT2D eigenvalue weighted by Gasteiger charge is 2.17. The highest BCUT2D eigenvalue weighted by Crippen LogP contribution is 2.32. The van der Waals surface area contributed by atoms with E-state index in [1.165, 1.54) is 0 Å². The Kier molecular flexibility index (Phi) is 3.54. The van der Waals surface area contributed by atoms with Gasteiger partial charge in [-0.25, -0.2) is 0 Å². The Bertz CT molecular complexity index is 519. The normalized spacial score (nSPS) is 12.5. The Morgan fingerprint density at radius 3 is 2.59 bits per heavy atom. The number of aliphatic hydroxyl groups excluding tert-OH is 1. The lowest BCUT2D eigenvalue weighted by molar-refractivity contribution is 0.217. The highest BCUT2D eigenvalue weighted by atomic mass is 79.9. The molecule has 1 heterocycles. The summed E-state index contributed by atoms with van der Waals surface area (Å²) in [5.41, 5.74) is 1.56. The predicted molar refractivity (Wildman–Crippen MR) is 68.2 cm³/mol. The number of ether oxygens (including phenoxy) is 1. The fraction of sp³-hybridized carbons (Fsp3) is 0.231. The van der Waals surface area contributed by atoms with Gasteiger partial charge in [-0.15, -0.1) is 0 Å². The molecule has 0 saturated carbocycles. The molecule has 0 bridgehead atoms. The molecule has 2 aromatic rings. The number of benzene rings is 1. The van der Waals surface area contributed by atoms with Gasteiger partial charge in [0.1, 0.15) is 17.6 Å². The van der Waals surface area contributed by atoms with Crippen LogP contribution in [0.15, 0.2) is 39.4 Å². The summed E-state index contributed by atoms with van der Waals surface area (Å²) in [4.78, 5) is 0. The molecule has 1 atom stereocenters. The average Bonchev–Trinajstić information content (AvgIpc) is 2.74. The van der Waals surface area contributed by atoms with E-state index < -0.39 is 6.10 Å². The van der Waals surface area contributed by atoms with Crippen molar-refractivity contribution < 1.29 is 14.3 Å². The molecule has 1 unspecified atom stereocenters. The highest BCUT2D eigenvalue weighted by molar-refractivity contribution is 9.10. The van der Waals surface area contributed by atoms with Crippen LogP contribution in [0.4, 0.5) is 0 Å². The van der Waals surface area contributed by atoms with E-state index in [-0.39, 0.29) is 0 Å². The minimum absolute atomic E-state index is 0.700. The molecule has 1 N–H and O–H groups in total. The Balaban J connectivity index is 2.38. The van der Waals surface area contributed by atoms with Crippen LogP contribution in [0.3, 0.4) is 0 Å². The van der Waals surface area contributed by atoms with Gasteiger partial charge in [-0.3, -0.25) is 0 Å². The predicted octanol–water partition coefficient (Wildman–Crippen LogP) is 3.44. The Morgan fingerprint density at radius 1 is 1.29 bits per heavy atom. The van der Waals surface area contributed by atoms with Crippen LogP contribution in [0.5, 0.6) is 5.75 Å². The Hall–Kier alpha value is -1.26. The van der Waals surface area contributed by atoms with Gasteiger partial charge in [0.2, 0.25) is 0 Å². The van der Waals surface area contributed by atoms with E-state index >= 15 is 0 Å². The second-order valence-corrected chi connectivity index (χ2v) is 4.58. The maximum absolute atomic E-state index is 10.3. The van der Waals surface area contributed by atoms with Crippen molar-refractivity contribution in [2.24, 2.45) is 0 Å². The van der Waals surface area contributed by atoms with Crippen molar-refractivity contribution in [3.8, 4) is 5.75 Å². The van der Waals surface area contributed by atoms with Crippen molar-refractivity contribution in [1.82, 2.24) is 0 Å². The van der Waals surface area contributed by atoms with Crippen LogP contribution in [0.25, 0.3) is 0 Å². The first-order chi connectivity index (χ1) is 8.13. The van der Waals surface area contributed by atoms with Gasteiger partial charge >= 0.3 is 0 Å². The zero-order valence-electron chi connectivity index (χ0n) is 9.61. The summed E-state index contributed by atoms with van der Waals surface area (Å²) in [6.45, 7) is 1.83. The largest absolute Gasteiger partial charge is 0.497 e. The molecule has 0 amide bonds. The van der Waals surface area contributed by atoms with E-state index in [0.29, 0.717) is 0 Å². The van der Waals surface area contributed by atoms with E-state index in [4.69, 9.17) is 9.15 Å². The number of hydrogen-bond acceptors (Lipinski definition) is 3. The molecule has 17 heavy (non-hydrogen) atoms. The summed E-state index contributed by atoms with van der Waals surface area (Å²) in [6, 6.07) is 7.25. The van der Waals surface area contributed by atoms with E-state index in [0.717, 1.165) is 27.1 Å². The molecule has 0 fully saturated rings. The minimum Gasteiger partial charge on any atom is -0.497 e. The number of methoxy groups -OCH3 is 1. The summed E-state index contributed by atoms with van der Waals surface area (Å²) in [7, 11) is 1.61. The van der Waals surface area contributed by atoms with Crippen molar-refractivity contribution >= 4 is 15.9 Å². The summed E-state index contributed by atoms with van der Waals surface area (Å²) < 4.78 is 11.1. The first-order valence-corrected chi connectivity index (χ1v) is 5.98. The van der Waals surface area contributed by atoms with E-state index in [1.54, 1.807) is 19.4 Å². The van der Waals surface area contributed by atoms with Crippen LogP contribution >= 0.6 is 15.9 Å². The number of furan rings is 1. The minimum atomic E-state index is -0.700. The lowest BCUT2D eigenvalue weighted by Gasteiger charge is -2.13. The first-order valence-electron chi connectivity index (χ1n) is 5.19. The number of hydrogen-bond donors (Lipinski definition) is 1. The number of aliphatic hydroxyl groups is 1. The fourth-order valence-corrected chi connectivity index (χ4v) is 2.28. The third-order valence-electron chi connectivity index (χ3n) is 2.70. The molecule has 1 aromatic carbocycles. The van der Waals surface area contributed by atoms with Gasteiger partial charge in [-0.2, -0.15) is 0 Å². The Labute approximate surface area is 108 Å². The van der Waals surface area contributed by atoms with E-state index in [2.05, 4.69) is 15.9 Å². The van der Waals surface area contributed by atoms with Crippen LogP contribution in [0, 0.1) is 6.92 Å². The van der Waals surface area contributed by atoms with Gasteiger partial charge in [0, 0.05) is 10.0 Å². The molecular formula is C13H13BrO3. The van der Waals surface area contributed by atoms with Crippen molar-refractivity contribution in [2.75, 3.05) is 7.11 Å². The van der Waals surface area contributed by atoms with Crippen molar-refractivity contribution in [2.45, 2.75) is 13.0 Å². The number of rotatable bonds is 3. The van der Waals surface area contributed by atoms with Gasteiger partial charge in [-0.1, -0.05) is 22.0 Å². The monoisotopic (exact) mass is 296 g/mol. The van der Waals surface area contributed by atoms with Crippen molar-refractivity contribution in [1.29, 1.82) is 0 Å². The molecule has 3 nitrogen and oxygen atoms in total. The third-order valence-corrected chi connectivity index (χ3v) is 3.38. The van der Waals surface area contributed by atoms with Crippen molar-refractivity contribution in [3.05, 3.63) is 51.9 Å². The molecule has 4 heteroatoms. The molecule has 90 valence electrons. The lowest BCUT2D eigenvalue weighted by Crippen LogP contribution is -2.01. The van der Waals surface area contributed by atoms with Crippen LogP contribution in [-0.2, 0) is 0 Å². The topological polar surface area (TPSA) is 42.6 Å². The molecule has 2 rings (SSSR count). The van der Waals surface area contributed by atoms with Crippen LogP contribution in [-0.4, -0.2) is 12.2 Å². The standard InChI is InChI=1S/C13H13BrO3/c1-8-10(5-6-17-8)13(15)11-4-3-9(16-2)7-12(11)14/h3-7,13,15H,1-2H3. The third kappa shape index (κ3) is 2.37. The van der Waals surface area contributed by atoms with Crippen molar-refractivity contribution in [3.63, 3.8) is 0 Å². The van der Waals surface area contributed by atoms with Gasteiger partial charge in [0.15, 0.2) is 0 Å². The maximum atomic E-state index is 10.3. The number of halogens is 1. The first kappa shape index (κ1) is 12.2. The molecule has 1 aromatic heterocycles.